The van der Waals surface area contributed by atoms with Crippen LogP contribution in [-0.2, 0) is 14.3 Å². The fourth-order valence-corrected chi connectivity index (χ4v) is 3.14. The van der Waals surface area contributed by atoms with E-state index in [1.807, 2.05) is 11.8 Å². The molecule has 2 unspecified atom stereocenters. The molecular weight excluding hydrogens is 270 g/mol. The highest BCUT2D eigenvalue weighted by atomic mass is 16.5. The molecular formula is C15H27N3O3. The van der Waals surface area contributed by atoms with Crippen molar-refractivity contribution in [2.24, 2.45) is 5.73 Å². The molecule has 2 atom stereocenters. The molecule has 0 bridgehead atoms. The number of amides is 2. The lowest BCUT2D eigenvalue weighted by molar-refractivity contribution is -0.141. The van der Waals surface area contributed by atoms with E-state index in [0.29, 0.717) is 39.1 Å². The van der Waals surface area contributed by atoms with E-state index >= 15 is 0 Å². The Labute approximate surface area is 126 Å². The van der Waals surface area contributed by atoms with Crippen molar-refractivity contribution >= 4 is 11.8 Å². The molecule has 2 saturated heterocycles. The van der Waals surface area contributed by atoms with E-state index in [1.54, 1.807) is 4.90 Å². The maximum Gasteiger partial charge on any atom is 0.223 e. The Balaban J connectivity index is 1.81. The van der Waals surface area contributed by atoms with Gasteiger partial charge in [0.2, 0.25) is 11.8 Å². The van der Waals surface area contributed by atoms with Gasteiger partial charge in [0.25, 0.3) is 0 Å². The predicted molar refractivity (Wildman–Crippen MR) is 79.6 cm³/mol. The number of rotatable bonds is 4. The maximum atomic E-state index is 12.4. The zero-order valence-electron chi connectivity index (χ0n) is 12.9. The largest absolute Gasteiger partial charge is 0.378 e. The van der Waals surface area contributed by atoms with Crippen LogP contribution in [0, 0.1) is 0 Å². The number of likely N-dealkylation sites (tertiary alicyclic amines) is 1. The summed E-state index contributed by atoms with van der Waals surface area (Å²) < 4.78 is 5.23. The Hall–Kier alpha value is -1.14. The van der Waals surface area contributed by atoms with Crippen molar-refractivity contribution in [1.82, 2.24) is 9.80 Å². The molecule has 0 spiro atoms. The zero-order valence-corrected chi connectivity index (χ0v) is 12.9. The molecule has 6 nitrogen and oxygen atoms in total. The highest BCUT2D eigenvalue weighted by Crippen LogP contribution is 2.20. The molecule has 2 heterocycles. The van der Waals surface area contributed by atoms with Gasteiger partial charge in [0, 0.05) is 44.6 Å². The van der Waals surface area contributed by atoms with E-state index in [1.165, 1.54) is 0 Å². The number of carbonyl (C=O) groups is 2. The first-order valence-electron chi connectivity index (χ1n) is 8.00. The summed E-state index contributed by atoms with van der Waals surface area (Å²) in [6, 6.07) is 0.119. The second-order valence-corrected chi connectivity index (χ2v) is 6.00. The van der Waals surface area contributed by atoms with Gasteiger partial charge < -0.3 is 20.3 Å². The second-order valence-electron chi connectivity index (χ2n) is 6.00. The normalized spacial score (nSPS) is 24.8. The summed E-state index contributed by atoms with van der Waals surface area (Å²) in [6.45, 7) is 5.20. The summed E-state index contributed by atoms with van der Waals surface area (Å²) >= 11 is 0. The van der Waals surface area contributed by atoms with Crippen molar-refractivity contribution in [2.75, 3.05) is 32.8 Å². The van der Waals surface area contributed by atoms with Crippen LogP contribution in [0.25, 0.3) is 0 Å². The number of morpholine rings is 1. The van der Waals surface area contributed by atoms with Crippen LogP contribution >= 0.6 is 0 Å². The molecule has 0 radical (unpaired) electrons. The van der Waals surface area contributed by atoms with E-state index in [-0.39, 0.29) is 23.9 Å². The maximum absolute atomic E-state index is 12.4. The van der Waals surface area contributed by atoms with Crippen molar-refractivity contribution in [2.45, 2.75) is 51.1 Å². The lowest BCUT2D eigenvalue weighted by Gasteiger charge is -2.38. The van der Waals surface area contributed by atoms with Crippen molar-refractivity contribution < 1.29 is 14.3 Å². The van der Waals surface area contributed by atoms with Crippen molar-refractivity contribution in [3.05, 3.63) is 0 Å². The number of hydrogen-bond acceptors (Lipinski definition) is 4. The molecule has 2 rings (SSSR count). The third-order valence-corrected chi connectivity index (χ3v) is 4.39. The Kier molecular flexibility index (Phi) is 5.99. The number of piperidine rings is 1. The number of nitrogens with two attached hydrogens (primary N) is 1. The average molecular weight is 297 g/mol. The van der Waals surface area contributed by atoms with Crippen LogP contribution in [0.15, 0.2) is 0 Å². The number of carbonyl (C=O) groups excluding carboxylic acids is 2. The van der Waals surface area contributed by atoms with Crippen LogP contribution in [0.1, 0.15) is 39.0 Å². The van der Waals surface area contributed by atoms with Gasteiger partial charge in [0.1, 0.15) is 0 Å². The third kappa shape index (κ3) is 4.41. The molecule has 120 valence electrons. The standard InChI is InChI=1S/C15H27N3O3/c1-12(16)13-4-2-3-7-18(13)15(20)6-5-14(19)17-8-10-21-11-9-17/h12-13H,2-11,16H2,1H3. The van der Waals surface area contributed by atoms with Gasteiger partial charge >= 0.3 is 0 Å². The molecule has 0 aromatic carbocycles. The fraction of sp³-hybridized carbons (Fsp3) is 0.867. The van der Waals surface area contributed by atoms with Gasteiger partial charge in [-0.05, 0) is 26.2 Å². The highest BCUT2D eigenvalue weighted by Gasteiger charge is 2.29. The van der Waals surface area contributed by atoms with Crippen molar-refractivity contribution in [3.8, 4) is 0 Å². The second kappa shape index (κ2) is 7.75. The summed E-state index contributed by atoms with van der Waals surface area (Å²) in [5, 5.41) is 0. The first kappa shape index (κ1) is 16.2. The summed E-state index contributed by atoms with van der Waals surface area (Å²) in [5.74, 6) is 0.125. The molecule has 2 fully saturated rings. The van der Waals surface area contributed by atoms with E-state index in [0.717, 1.165) is 25.8 Å². The lowest BCUT2D eigenvalue weighted by atomic mass is 9.96. The van der Waals surface area contributed by atoms with E-state index < -0.39 is 0 Å². The van der Waals surface area contributed by atoms with Crippen molar-refractivity contribution in [3.63, 3.8) is 0 Å². The quantitative estimate of drug-likeness (QED) is 0.812. The summed E-state index contributed by atoms with van der Waals surface area (Å²) in [6.07, 6.45) is 3.72. The van der Waals surface area contributed by atoms with Gasteiger partial charge in [-0.15, -0.1) is 0 Å². The minimum absolute atomic E-state index is 0.0100. The first-order chi connectivity index (χ1) is 10.1. The average Bonchev–Trinajstić information content (AvgIpc) is 2.53. The van der Waals surface area contributed by atoms with Crippen LogP contribution in [0.4, 0.5) is 0 Å². The Morgan fingerprint density at radius 1 is 1.14 bits per heavy atom. The van der Waals surface area contributed by atoms with Gasteiger partial charge in [-0.1, -0.05) is 0 Å². The molecule has 2 aliphatic rings. The topological polar surface area (TPSA) is 75.9 Å². The van der Waals surface area contributed by atoms with Gasteiger partial charge in [-0.3, -0.25) is 9.59 Å². The third-order valence-electron chi connectivity index (χ3n) is 4.39. The monoisotopic (exact) mass is 297 g/mol. The minimum Gasteiger partial charge on any atom is -0.378 e. The predicted octanol–water partition coefficient (Wildman–Crippen LogP) is 0.354. The van der Waals surface area contributed by atoms with Gasteiger partial charge in [0.05, 0.1) is 13.2 Å². The van der Waals surface area contributed by atoms with E-state index in [4.69, 9.17) is 10.5 Å². The zero-order chi connectivity index (χ0) is 15.2. The van der Waals surface area contributed by atoms with Crippen LogP contribution in [0.3, 0.4) is 0 Å². The Morgan fingerprint density at radius 2 is 1.81 bits per heavy atom. The Morgan fingerprint density at radius 3 is 2.48 bits per heavy atom. The Bertz CT molecular complexity index is 367. The molecule has 2 aliphatic heterocycles. The number of ether oxygens (including phenoxy) is 1. The highest BCUT2D eigenvalue weighted by molar-refractivity contribution is 5.84. The fourth-order valence-electron chi connectivity index (χ4n) is 3.14. The first-order valence-corrected chi connectivity index (χ1v) is 8.00. The number of nitrogens with zero attached hydrogens (tertiary/aromatic N) is 2. The minimum atomic E-state index is -0.0100. The molecule has 2 N–H and O–H groups in total. The molecule has 0 aromatic rings. The number of hydrogen-bond donors (Lipinski definition) is 1. The molecule has 21 heavy (non-hydrogen) atoms. The summed E-state index contributed by atoms with van der Waals surface area (Å²) in [5.41, 5.74) is 5.99. The van der Waals surface area contributed by atoms with Crippen LogP contribution in [0.2, 0.25) is 0 Å². The van der Waals surface area contributed by atoms with E-state index in [2.05, 4.69) is 0 Å². The molecule has 6 heteroatoms. The summed E-state index contributed by atoms with van der Waals surface area (Å²) in [4.78, 5) is 28.1. The van der Waals surface area contributed by atoms with Gasteiger partial charge in [0.15, 0.2) is 0 Å². The summed E-state index contributed by atoms with van der Waals surface area (Å²) in [7, 11) is 0. The smallest absolute Gasteiger partial charge is 0.223 e. The van der Waals surface area contributed by atoms with Crippen LogP contribution in [-0.4, -0.2) is 66.5 Å². The van der Waals surface area contributed by atoms with Gasteiger partial charge in [-0.25, -0.2) is 0 Å². The molecule has 0 aliphatic carbocycles. The molecule has 0 saturated carbocycles. The molecule has 0 aromatic heterocycles. The lowest BCUT2D eigenvalue weighted by Crippen LogP contribution is -2.51. The van der Waals surface area contributed by atoms with Gasteiger partial charge in [-0.2, -0.15) is 0 Å². The van der Waals surface area contributed by atoms with Crippen LogP contribution in [0.5, 0.6) is 0 Å². The van der Waals surface area contributed by atoms with E-state index in [9.17, 15) is 9.59 Å². The van der Waals surface area contributed by atoms with Crippen molar-refractivity contribution in [1.29, 1.82) is 0 Å². The van der Waals surface area contributed by atoms with Crippen LogP contribution < -0.4 is 5.73 Å². The SMILES string of the molecule is CC(N)C1CCCCN1C(=O)CCC(=O)N1CCOCC1. The molecule has 2 amide bonds.